The van der Waals surface area contributed by atoms with Crippen LogP contribution in [0.25, 0.3) is 0 Å². The van der Waals surface area contributed by atoms with Gasteiger partial charge in [0.25, 0.3) is 0 Å². The Morgan fingerprint density at radius 1 is 0.964 bits per heavy atom. The highest BCUT2D eigenvalue weighted by Gasteiger charge is 2.67. The Morgan fingerprint density at radius 3 is 2.50 bits per heavy atom. The standard InChI is InChI=1S/C24H34O4/c1-21-11-12-24(26-13-14-27-24)15-16(21)3-4-17-18(21)5-8-22(2)19(17)6-9-23(22)10-7-20(25)28-23/h3,17-19H,4-15H2,1-2H3/t17-,18-,19-,21+,22+,23-/m1/s1. The molecular weight excluding hydrogens is 352 g/mol. The number of carbonyl (C=O) groups excluding carboxylic acids is 1. The van der Waals surface area contributed by atoms with Crippen LogP contribution in [-0.4, -0.2) is 30.6 Å². The molecule has 154 valence electrons. The summed E-state index contributed by atoms with van der Waals surface area (Å²) < 4.78 is 18.2. The molecule has 0 aromatic rings. The number of hydrogen-bond donors (Lipinski definition) is 0. The third-order valence-corrected chi connectivity index (χ3v) is 10.3. The van der Waals surface area contributed by atoms with E-state index in [0.29, 0.717) is 17.8 Å². The van der Waals surface area contributed by atoms with Crippen LogP contribution in [0.3, 0.4) is 0 Å². The van der Waals surface area contributed by atoms with E-state index in [-0.39, 0.29) is 22.8 Å². The first-order valence-corrected chi connectivity index (χ1v) is 11.6. The number of rotatable bonds is 0. The molecule has 28 heavy (non-hydrogen) atoms. The SMILES string of the molecule is C[C@]12CCC3(CC1=CC[C@@H]1[C@H]2CC[C@@]2(C)[C@@H]1CC[C@@]21CCC(=O)O1)OCCO3. The monoisotopic (exact) mass is 386 g/mol. The van der Waals surface area contributed by atoms with Gasteiger partial charge in [-0.3, -0.25) is 4.79 Å². The third-order valence-electron chi connectivity index (χ3n) is 10.3. The van der Waals surface area contributed by atoms with Crippen LogP contribution in [0.15, 0.2) is 11.6 Å². The van der Waals surface area contributed by atoms with Gasteiger partial charge in [-0.2, -0.15) is 0 Å². The molecule has 4 heteroatoms. The number of allylic oxidation sites excluding steroid dienone is 1. The van der Waals surface area contributed by atoms with Gasteiger partial charge in [0.1, 0.15) is 5.60 Å². The lowest BCUT2D eigenvalue weighted by Crippen LogP contribution is -2.55. The van der Waals surface area contributed by atoms with Crippen LogP contribution in [0.1, 0.15) is 78.1 Å². The molecule has 0 N–H and O–H groups in total. The third kappa shape index (κ3) is 2.12. The lowest BCUT2D eigenvalue weighted by molar-refractivity contribution is -0.189. The van der Waals surface area contributed by atoms with Crippen LogP contribution in [0.5, 0.6) is 0 Å². The zero-order valence-electron chi connectivity index (χ0n) is 17.4. The first kappa shape index (κ1) is 17.9. The summed E-state index contributed by atoms with van der Waals surface area (Å²) in [5.41, 5.74) is 1.92. The first-order valence-electron chi connectivity index (χ1n) is 11.6. The van der Waals surface area contributed by atoms with Crippen molar-refractivity contribution in [2.24, 2.45) is 28.6 Å². The number of esters is 1. The van der Waals surface area contributed by atoms with Crippen LogP contribution >= 0.6 is 0 Å². The molecule has 2 aliphatic heterocycles. The van der Waals surface area contributed by atoms with Gasteiger partial charge in [-0.1, -0.05) is 25.5 Å². The highest BCUT2D eigenvalue weighted by atomic mass is 16.7. The number of ether oxygens (including phenoxy) is 3. The summed E-state index contributed by atoms with van der Waals surface area (Å²) in [6, 6.07) is 0. The maximum atomic E-state index is 12.0. The van der Waals surface area contributed by atoms with Crippen LogP contribution in [0, 0.1) is 28.6 Å². The summed E-state index contributed by atoms with van der Waals surface area (Å²) in [6.45, 7) is 6.48. The molecule has 2 saturated heterocycles. The van der Waals surface area contributed by atoms with Gasteiger partial charge in [0.15, 0.2) is 5.79 Å². The van der Waals surface area contributed by atoms with Crippen molar-refractivity contribution < 1.29 is 19.0 Å². The fourth-order valence-corrected chi connectivity index (χ4v) is 8.64. The summed E-state index contributed by atoms with van der Waals surface area (Å²) in [6.07, 6.45) is 13.3. The van der Waals surface area contributed by atoms with Crippen molar-refractivity contribution in [1.29, 1.82) is 0 Å². The van der Waals surface area contributed by atoms with Crippen molar-refractivity contribution in [3.63, 3.8) is 0 Å². The van der Waals surface area contributed by atoms with Crippen molar-refractivity contribution in [3.05, 3.63) is 11.6 Å². The molecule has 0 unspecified atom stereocenters. The van der Waals surface area contributed by atoms with Crippen molar-refractivity contribution in [3.8, 4) is 0 Å². The van der Waals surface area contributed by atoms with Gasteiger partial charge in [-0.05, 0) is 68.1 Å². The second-order valence-electron chi connectivity index (χ2n) is 11.0. The van der Waals surface area contributed by atoms with Gasteiger partial charge < -0.3 is 14.2 Å². The Morgan fingerprint density at radius 2 is 1.75 bits per heavy atom. The summed E-state index contributed by atoms with van der Waals surface area (Å²) in [7, 11) is 0. The normalized spacial score (nSPS) is 51.6. The summed E-state index contributed by atoms with van der Waals surface area (Å²) in [4.78, 5) is 12.0. The maximum absolute atomic E-state index is 12.0. The Kier molecular flexibility index (Phi) is 3.61. The molecule has 0 aromatic heterocycles. The quantitative estimate of drug-likeness (QED) is 0.444. The average Bonchev–Trinajstić information content (AvgIpc) is 3.36. The van der Waals surface area contributed by atoms with Crippen molar-refractivity contribution >= 4 is 5.97 Å². The largest absolute Gasteiger partial charge is 0.458 e. The maximum Gasteiger partial charge on any atom is 0.306 e. The average molecular weight is 387 g/mol. The van der Waals surface area contributed by atoms with Gasteiger partial charge in [-0.15, -0.1) is 0 Å². The molecule has 6 aliphatic rings. The molecule has 6 rings (SSSR count). The van der Waals surface area contributed by atoms with Crippen LogP contribution in [0.2, 0.25) is 0 Å². The Labute approximate surface area is 168 Å². The van der Waals surface area contributed by atoms with E-state index in [1.807, 2.05) is 0 Å². The lowest BCUT2D eigenvalue weighted by atomic mass is 9.46. The molecular formula is C24H34O4. The van der Waals surface area contributed by atoms with Gasteiger partial charge in [0.2, 0.25) is 0 Å². The van der Waals surface area contributed by atoms with E-state index in [1.54, 1.807) is 5.57 Å². The van der Waals surface area contributed by atoms with Crippen molar-refractivity contribution in [2.75, 3.05) is 13.2 Å². The summed E-state index contributed by atoms with van der Waals surface area (Å²) in [5.74, 6) is 1.91. The molecule has 0 aromatic carbocycles. The minimum absolute atomic E-state index is 0.0379. The van der Waals surface area contributed by atoms with Crippen molar-refractivity contribution in [1.82, 2.24) is 0 Å². The molecule has 0 radical (unpaired) electrons. The minimum Gasteiger partial charge on any atom is -0.458 e. The predicted molar refractivity (Wildman–Crippen MR) is 104 cm³/mol. The summed E-state index contributed by atoms with van der Waals surface area (Å²) in [5, 5.41) is 0. The molecule has 0 amide bonds. The molecule has 3 saturated carbocycles. The highest BCUT2D eigenvalue weighted by Crippen LogP contribution is 2.69. The number of hydrogen-bond acceptors (Lipinski definition) is 4. The van der Waals surface area contributed by atoms with Crippen LogP contribution in [0.4, 0.5) is 0 Å². The zero-order chi connectivity index (χ0) is 19.2. The molecule has 4 aliphatic carbocycles. The van der Waals surface area contributed by atoms with Crippen LogP contribution < -0.4 is 0 Å². The molecule has 0 bridgehead atoms. The van der Waals surface area contributed by atoms with E-state index in [0.717, 1.165) is 50.7 Å². The van der Waals surface area contributed by atoms with E-state index in [1.165, 1.54) is 32.1 Å². The van der Waals surface area contributed by atoms with E-state index in [2.05, 4.69) is 19.9 Å². The van der Waals surface area contributed by atoms with E-state index >= 15 is 0 Å². The van der Waals surface area contributed by atoms with Gasteiger partial charge >= 0.3 is 5.97 Å². The fraction of sp³-hybridized carbons (Fsp3) is 0.875. The highest BCUT2D eigenvalue weighted by molar-refractivity contribution is 5.72. The minimum atomic E-state index is -0.323. The topological polar surface area (TPSA) is 44.8 Å². The van der Waals surface area contributed by atoms with Gasteiger partial charge in [0.05, 0.1) is 13.2 Å². The smallest absolute Gasteiger partial charge is 0.306 e. The molecule has 6 atom stereocenters. The number of carbonyl (C=O) groups is 1. The Balaban J connectivity index is 1.31. The predicted octanol–water partition coefficient (Wildman–Crippen LogP) is 4.77. The van der Waals surface area contributed by atoms with Crippen molar-refractivity contribution in [2.45, 2.75) is 89.4 Å². The van der Waals surface area contributed by atoms with E-state index in [4.69, 9.17) is 14.2 Å². The fourth-order valence-electron chi connectivity index (χ4n) is 8.64. The molecule has 2 spiro atoms. The first-order chi connectivity index (χ1) is 13.4. The van der Waals surface area contributed by atoms with Crippen LogP contribution in [-0.2, 0) is 19.0 Å². The molecule has 5 fully saturated rings. The molecule has 4 nitrogen and oxygen atoms in total. The Bertz CT molecular complexity index is 737. The van der Waals surface area contributed by atoms with Gasteiger partial charge in [-0.25, -0.2) is 0 Å². The van der Waals surface area contributed by atoms with Gasteiger partial charge in [0, 0.05) is 24.7 Å². The second kappa shape index (κ2) is 5.63. The summed E-state index contributed by atoms with van der Waals surface area (Å²) >= 11 is 0. The lowest BCUT2D eigenvalue weighted by Gasteiger charge is -2.59. The zero-order valence-corrected chi connectivity index (χ0v) is 17.4. The van der Waals surface area contributed by atoms with E-state index in [9.17, 15) is 4.79 Å². The van der Waals surface area contributed by atoms with E-state index < -0.39 is 0 Å². The molecule has 2 heterocycles. The second-order valence-corrected chi connectivity index (χ2v) is 11.0. The Hall–Kier alpha value is -0.870. The number of fused-ring (bicyclic) bond motifs is 6.